The Morgan fingerprint density at radius 1 is 0.255 bits per heavy atom. The number of carbonyl (C=O) groups excluding carboxylic acids is 10. The summed E-state index contributed by atoms with van der Waals surface area (Å²) in [6.07, 6.45) is 34.4. The molecule has 0 rings (SSSR count). The number of allylic oxidation sites excluding steroid dienone is 2. The summed E-state index contributed by atoms with van der Waals surface area (Å²) in [5.74, 6) is -3.47. The molecule has 0 aliphatic carbocycles. The van der Waals surface area contributed by atoms with Crippen LogP contribution in [0.15, 0.2) is 12.2 Å². The molecular formula is C72H127N3O19. The van der Waals surface area contributed by atoms with Gasteiger partial charge in [-0.2, -0.15) is 16.4 Å². The third-order valence-electron chi connectivity index (χ3n) is 15.4. The molecule has 22 nitrogen and oxygen atoms in total. The molecule has 0 radical (unpaired) electrons. The number of esters is 6. The number of ether oxygens (including phenoxy) is 6. The van der Waals surface area contributed by atoms with Gasteiger partial charge in [0.05, 0.1) is 0 Å². The van der Waals surface area contributed by atoms with Crippen LogP contribution in [-0.4, -0.2) is 118 Å². The molecule has 2 unspecified atom stereocenters. The molecule has 0 aromatic heterocycles. The van der Waals surface area contributed by atoms with Gasteiger partial charge < -0.3 is 42.9 Å². The molecule has 0 fully saturated rings. The SMILES string of the molecule is CCC/C=C/CCCCC(=O)CCCCCCCC(=O)OCC(COC(=O)CCCCCCCC(=O)OCC(COC(=O)CCCCCCCC(=O)ONCCCC)OC(=O)CCCCCCCC(=O)ONCCCC)OC(=O)CCCCCCCC(=O)ONCCCC. The Balaban J connectivity index is 5.01. The molecule has 0 aromatic carbocycles. The largest absolute Gasteiger partial charge is 0.462 e. The standard InChI is InChI=1S/C72H127N3O19/c1-5-9-13-14-15-21-32-43-61(76)44-33-22-16-23-34-45-64(77)86-57-62(90-68(81)49-38-27-19-30-41-52-71(84)93-74-55-11-7-3)58-87-65(78)46-35-24-17-25-36-47-66(79)88-59-63(91-69(82)50-39-28-20-31-42-53-72(85)94-75-56-12-8-4)60-89-67(80)48-37-26-18-29-40-51-70(83)92-73-54-10-6-2/h13-14,62-63,73-75H,5-12,15-60H2,1-4H3/b14-13+. The summed E-state index contributed by atoms with van der Waals surface area (Å²) in [7, 11) is 0. The zero-order valence-electron chi connectivity index (χ0n) is 58.7. The molecular weight excluding hydrogens is 1210 g/mol. The molecule has 0 saturated carbocycles. The average molecular weight is 1340 g/mol. The van der Waals surface area contributed by atoms with Crippen molar-refractivity contribution in [2.75, 3.05) is 46.1 Å². The minimum Gasteiger partial charge on any atom is -0.462 e. The van der Waals surface area contributed by atoms with Crippen LogP contribution in [0.1, 0.15) is 329 Å². The number of hydrogen-bond donors (Lipinski definition) is 3. The first-order valence-electron chi connectivity index (χ1n) is 36.7. The van der Waals surface area contributed by atoms with Crippen molar-refractivity contribution < 1.29 is 90.9 Å². The van der Waals surface area contributed by atoms with Crippen LogP contribution in [0.25, 0.3) is 0 Å². The Kier molecular flexibility index (Phi) is 63.6. The van der Waals surface area contributed by atoms with Crippen LogP contribution < -0.4 is 16.4 Å². The van der Waals surface area contributed by atoms with Crippen LogP contribution in [0.3, 0.4) is 0 Å². The van der Waals surface area contributed by atoms with E-state index in [2.05, 4.69) is 56.3 Å². The molecule has 0 bridgehead atoms. The molecule has 0 aliphatic heterocycles. The van der Waals surface area contributed by atoms with E-state index in [1.54, 1.807) is 0 Å². The topological polar surface area (TPSA) is 290 Å². The first-order valence-corrected chi connectivity index (χ1v) is 36.7. The van der Waals surface area contributed by atoms with E-state index in [-0.39, 0.29) is 82.9 Å². The van der Waals surface area contributed by atoms with Crippen LogP contribution in [0, 0.1) is 0 Å². The second-order valence-electron chi connectivity index (χ2n) is 24.5. The van der Waals surface area contributed by atoms with Crippen molar-refractivity contribution in [2.24, 2.45) is 0 Å². The van der Waals surface area contributed by atoms with Gasteiger partial charge in [0.2, 0.25) is 0 Å². The molecule has 2 atom stereocenters. The van der Waals surface area contributed by atoms with Gasteiger partial charge in [0.25, 0.3) is 0 Å². The average Bonchev–Trinajstić information content (AvgIpc) is 3.34. The molecule has 0 amide bonds. The van der Waals surface area contributed by atoms with Crippen molar-refractivity contribution in [3.8, 4) is 0 Å². The van der Waals surface area contributed by atoms with Crippen molar-refractivity contribution >= 4 is 59.5 Å². The summed E-state index contributed by atoms with van der Waals surface area (Å²) >= 11 is 0. The summed E-state index contributed by atoms with van der Waals surface area (Å²) < 4.78 is 33.3. The maximum absolute atomic E-state index is 12.9. The predicted octanol–water partition coefficient (Wildman–Crippen LogP) is 14.7. The third-order valence-corrected chi connectivity index (χ3v) is 15.4. The van der Waals surface area contributed by atoms with Crippen LogP contribution >= 0.6 is 0 Å². The first kappa shape index (κ1) is 88.5. The van der Waals surface area contributed by atoms with Crippen LogP contribution in [-0.2, 0) is 90.9 Å². The van der Waals surface area contributed by atoms with E-state index >= 15 is 0 Å². The highest BCUT2D eigenvalue weighted by atomic mass is 16.7. The van der Waals surface area contributed by atoms with E-state index in [1.807, 2.05) is 0 Å². The van der Waals surface area contributed by atoms with Crippen molar-refractivity contribution in [3.05, 3.63) is 12.2 Å². The molecule has 0 heterocycles. The molecule has 0 saturated heterocycles. The van der Waals surface area contributed by atoms with Crippen molar-refractivity contribution in [1.82, 2.24) is 16.4 Å². The Morgan fingerprint density at radius 3 is 0.766 bits per heavy atom. The second kappa shape index (κ2) is 67.5. The lowest BCUT2D eigenvalue weighted by Crippen LogP contribution is -2.30. The zero-order chi connectivity index (χ0) is 69.0. The molecule has 0 spiro atoms. The van der Waals surface area contributed by atoms with Crippen LogP contribution in [0.4, 0.5) is 0 Å². The van der Waals surface area contributed by atoms with Gasteiger partial charge in [0.1, 0.15) is 32.2 Å². The van der Waals surface area contributed by atoms with Gasteiger partial charge in [-0.3, -0.25) is 47.9 Å². The van der Waals surface area contributed by atoms with Gasteiger partial charge in [-0.1, -0.05) is 162 Å². The number of hydrogen-bond acceptors (Lipinski definition) is 22. The monoisotopic (exact) mass is 1340 g/mol. The predicted molar refractivity (Wildman–Crippen MR) is 360 cm³/mol. The number of unbranched alkanes of at least 4 members (excludes halogenated alkanes) is 26. The highest BCUT2D eigenvalue weighted by Crippen LogP contribution is 2.16. The summed E-state index contributed by atoms with van der Waals surface area (Å²) in [5.41, 5.74) is 8.04. The fourth-order valence-corrected chi connectivity index (χ4v) is 9.56. The Bertz CT molecular complexity index is 1990. The van der Waals surface area contributed by atoms with E-state index in [9.17, 15) is 47.9 Å². The van der Waals surface area contributed by atoms with Crippen molar-refractivity contribution in [1.29, 1.82) is 0 Å². The van der Waals surface area contributed by atoms with E-state index < -0.39 is 48.0 Å². The maximum atomic E-state index is 12.9. The van der Waals surface area contributed by atoms with Crippen LogP contribution in [0.5, 0.6) is 0 Å². The molecule has 544 valence electrons. The van der Waals surface area contributed by atoms with E-state index in [0.29, 0.717) is 128 Å². The summed E-state index contributed by atoms with van der Waals surface area (Å²) in [5, 5.41) is 0. The molecule has 0 aliphatic rings. The van der Waals surface area contributed by atoms with E-state index in [0.717, 1.165) is 161 Å². The zero-order valence-corrected chi connectivity index (χ0v) is 58.7. The fourth-order valence-electron chi connectivity index (χ4n) is 9.56. The summed E-state index contributed by atoms with van der Waals surface area (Å²) in [6, 6.07) is 0. The highest BCUT2D eigenvalue weighted by Gasteiger charge is 2.22. The number of carbonyl (C=O) groups is 10. The normalized spacial score (nSPS) is 11.8. The molecule has 3 N–H and O–H groups in total. The minimum atomic E-state index is -0.996. The van der Waals surface area contributed by atoms with Gasteiger partial charge >= 0.3 is 53.7 Å². The lowest BCUT2D eigenvalue weighted by atomic mass is 10.0. The Morgan fingerprint density at radius 2 is 0.489 bits per heavy atom. The van der Waals surface area contributed by atoms with Gasteiger partial charge in [-0.25, -0.2) is 0 Å². The van der Waals surface area contributed by atoms with E-state index in [1.165, 1.54) is 0 Å². The number of rotatable bonds is 69. The molecule has 0 aromatic rings. The fraction of sp³-hybridized carbons (Fsp3) is 0.833. The molecule has 22 heteroatoms. The van der Waals surface area contributed by atoms with Gasteiger partial charge in [-0.05, 0) is 109 Å². The van der Waals surface area contributed by atoms with Gasteiger partial charge in [0.15, 0.2) is 12.2 Å². The Labute approximate surface area is 564 Å². The summed E-state index contributed by atoms with van der Waals surface area (Å²) in [6.45, 7) is 9.09. The Hall–Kier alpha value is -5.48. The summed E-state index contributed by atoms with van der Waals surface area (Å²) in [4.78, 5) is 140. The maximum Gasteiger partial charge on any atom is 0.324 e. The van der Waals surface area contributed by atoms with E-state index in [4.69, 9.17) is 42.9 Å². The minimum absolute atomic E-state index is 0.105. The number of nitrogens with one attached hydrogen (secondary N) is 3. The molecule has 94 heavy (non-hydrogen) atoms. The van der Waals surface area contributed by atoms with Crippen molar-refractivity contribution in [3.63, 3.8) is 0 Å². The smallest absolute Gasteiger partial charge is 0.324 e. The van der Waals surface area contributed by atoms with Crippen LogP contribution in [0.2, 0.25) is 0 Å². The quantitative estimate of drug-likeness (QED) is 0.0168. The van der Waals surface area contributed by atoms with Crippen molar-refractivity contribution in [2.45, 2.75) is 342 Å². The lowest BCUT2D eigenvalue weighted by Gasteiger charge is -2.18. The second-order valence-corrected chi connectivity index (χ2v) is 24.5. The number of hydroxylamine groups is 3. The number of ketones is 1. The number of Topliss-reactive ketones (excluding diaryl/α,β-unsaturated/α-hetero) is 1. The third kappa shape index (κ3) is 63.9. The highest BCUT2D eigenvalue weighted by molar-refractivity contribution is 5.78. The lowest BCUT2D eigenvalue weighted by molar-refractivity contribution is -0.167. The first-order chi connectivity index (χ1) is 45.7. The van der Waals surface area contributed by atoms with Gasteiger partial charge in [0, 0.05) is 90.3 Å². The van der Waals surface area contributed by atoms with Gasteiger partial charge in [-0.15, -0.1) is 0 Å².